The Labute approximate surface area is 231 Å². The number of esters is 1. The molecule has 0 fully saturated rings. The van der Waals surface area contributed by atoms with Crippen LogP contribution >= 0.6 is 7.75 Å². The summed E-state index contributed by atoms with van der Waals surface area (Å²) in [7, 11) is -4.34. The van der Waals surface area contributed by atoms with Gasteiger partial charge in [0.2, 0.25) is 0 Å². The lowest BCUT2D eigenvalue weighted by Gasteiger charge is -2.27. The molecule has 5 atom stereocenters. The van der Waals surface area contributed by atoms with Crippen LogP contribution in [0, 0.1) is 16.9 Å². The number of hydrogen-bond donors (Lipinski definition) is 4. The maximum Gasteiger partial charge on any atom is 0.459 e. The molecule has 0 unspecified atom stereocenters. The summed E-state index contributed by atoms with van der Waals surface area (Å²) in [5, 5.41) is 37.5. The lowest BCUT2D eigenvalue weighted by molar-refractivity contribution is -0.148. The molecule has 3 aromatic rings. The summed E-state index contributed by atoms with van der Waals surface area (Å²) in [6, 6.07) is 9.93. The minimum absolute atomic E-state index is 0.121. The number of carbonyl (C=O) groups excluding carboxylic acids is 1. The maximum atomic E-state index is 13.8. The van der Waals surface area contributed by atoms with Crippen LogP contribution in [0.4, 0.5) is 5.82 Å². The van der Waals surface area contributed by atoms with E-state index in [1.165, 1.54) is 42.2 Å². The van der Waals surface area contributed by atoms with Gasteiger partial charge < -0.3 is 29.9 Å². The monoisotopic (exact) mass is 576 g/mol. The molecule has 0 bridgehead atoms. The largest absolute Gasteiger partial charge is 0.464 e. The van der Waals surface area contributed by atoms with Gasteiger partial charge in [-0.05, 0) is 36.6 Å². The van der Waals surface area contributed by atoms with Crippen LogP contribution in [0.3, 0.4) is 0 Å². The third-order valence-corrected chi connectivity index (χ3v) is 7.10. The van der Waals surface area contributed by atoms with Gasteiger partial charge in [-0.3, -0.25) is 9.32 Å². The van der Waals surface area contributed by atoms with Crippen molar-refractivity contribution in [1.82, 2.24) is 19.7 Å². The minimum atomic E-state index is -4.34. The van der Waals surface area contributed by atoms with Crippen LogP contribution in [0.15, 0.2) is 48.8 Å². The van der Waals surface area contributed by atoms with Crippen molar-refractivity contribution < 1.29 is 38.1 Å². The summed E-state index contributed by atoms with van der Waals surface area (Å²) in [4.78, 5) is 16.4. The molecule has 0 aliphatic carbocycles. The molecule has 216 valence electrons. The van der Waals surface area contributed by atoms with E-state index < -0.39 is 44.7 Å². The Morgan fingerprint density at radius 1 is 1.23 bits per heavy atom. The van der Waals surface area contributed by atoms with Crippen LogP contribution < -0.4 is 15.3 Å². The minimum Gasteiger partial charge on any atom is -0.464 e. The van der Waals surface area contributed by atoms with Gasteiger partial charge in [-0.25, -0.2) is 14.1 Å². The van der Waals surface area contributed by atoms with Crippen molar-refractivity contribution in [3.05, 3.63) is 54.5 Å². The summed E-state index contributed by atoms with van der Waals surface area (Å²) in [5.74, 6) is -0.391. The van der Waals surface area contributed by atoms with Crippen molar-refractivity contribution in [2.24, 2.45) is 5.41 Å². The van der Waals surface area contributed by atoms with Crippen LogP contribution in [-0.4, -0.2) is 62.2 Å². The first-order valence-corrected chi connectivity index (χ1v) is 13.8. The van der Waals surface area contributed by atoms with Crippen molar-refractivity contribution in [3.63, 3.8) is 0 Å². The highest BCUT2D eigenvalue weighted by atomic mass is 31.2. The van der Waals surface area contributed by atoms with E-state index in [0.29, 0.717) is 5.52 Å². The molecule has 0 amide bonds. The van der Waals surface area contributed by atoms with Gasteiger partial charge in [-0.2, -0.15) is 15.4 Å². The second-order valence-electron chi connectivity index (χ2n) is 10.1. The smallest absolute Gasteiger partial charge is 0.459 e. The second kappa shape index (κ2) is 13.1. The number of ether oxygens (including phenoxy) is 2. The van der Waals surface area contributed by atoms with Gasteiger partial charge in [0.15, 0.2) is 11.9 Å². The number of aliphatic hydroxyl groups excluding tert-OH is 2. The second-order valence-corrected chi connectivity index (χ2v) is 11.8. The molecule has 14 nitrogen and oxygen atoms in total. The molecule has 2 aromatic heterocycles. The quantitative estimate of drug-likeness (QED) is 0.131. The van der Waals surface area contributed by atoms with E-state index in [9.17, 15) is 24.8 Å². The first-order chi connectivity index (χ1) is 18.8. The molecule has 0 saturated carbocycles. The number of benzene rings is 1. The van der Waals surface area contributed by atoms with Gasteiger partial charge in [-0.15, -0.1) is 0 Å². The fraction of sp³-hybridized carbons (Fsp3) is 0.440. The van der Waals surface area contributed by atoms with Crippen LogP contribution in [0.2, 0.25) is 0 Å². The van der Waals surface area contributed by atoms with Crippen molar-refractivity contribution in [2.75, 3.05) is 18.9 Å². The molecule has 15 heteroatoms. The van der Waals surface area contributed by atoms with E-state index in [4.69, 9.17) is 24.3 Å². The van der Waals surface area contributed by atoms with Gasteiger partial charge in [-0.1, -0.05) is 39.0 Å². The number of fused-ring (bicyclic) bond motifs is 1. The van der Waals surface area contributed by atoms with Crippen LogP contribution in [0.5, 0.6) is 5.75 Å². The zero-order chi connectivity index (χ0) is 29.5. The summed E-state index contributed by atoms with van der Waals surface area (Å²) in [6.45, 7) is 6.52. The number of nitrogens with zero attached hydrogens (tertiary/aromatic N) is 4. The molecule has 2 heterocycles. The molecule has 40 heavy (non-hydrogen) atoms. The Balaban J connectivity index is 1.79. The van der Waals surface area contributed by atoms with Crippen molar-refractivity contribution >= 4 is 25.1 Å². The van der Waals surface area contributed by atoms with Crippen LogP contribution in [-0.2, 0) is 23.4 Å². The zero-order valence-electron chi connectivity index (χ0n) is 22.5. The zero-order valence-corrected chi connectivity index (χ0v) is 23.4. The Hall–Kier alpha value is -3.73. The summed E-state index contributed by atoms with van der Waals surface area (Å²) < 4.78 is 36.4. The Morgan fingerprint density at radius 3 is 2.58 bits per heavy atom. The van der Waals surface area contributed by atoms with E-state index in [-0.39, 0.29) is 29.3 Å². The van der Waals surface area contributed by atoms with Crippen LogP contribution in [0.25, 0.3) is 5.52 Å². The number of hydrogen-bond acceptors (Lipinski definition) is 12. The maximum absolute atomic E-state index is 13.8. The molecular formula is C25H33N6O8P. The molecule has 0 radical (unpaired) electrons. The molecule has 5 N–H and O–H groups in total. The van der Waals surface area contributed by atoms with Crippen molar-refractivity contribution in [2.45, 2.75) is 52.0 Å². The number of nitrogen functional groups attached to an aromatic ring is 1. The summed E-state index contributed by atoms with van der Waals surface area (Å²) >= 11 is 0. The number of aliphatic hydroxyl groups is 2. The Morgan fingerprint density at radius 2 is 1.93 bits per heavy atom. The van der Waals surface area contributed by atoms with E-state index in [2.05, 4.69) is 15.2 Å². The SMILES string of the molecule is C[C@H](N[P@](=O)(OC[C@@H](OC#N)[C@@H](O)[C@@H](O)c1ccc2c(N)ncnn12)Oc1ccccc1)C(=O)OCC(C)(C)C. The number of nitriles is 1. The lowest BCUT2D eigenvalue weighted by Crippen LogP contribution is -2.40. The predicted molar refractivity (Wildman–Crippen MR) is 142 cm³/mol. The highest BCUT2D eigenvalue weighted by molar-refractivity contribution is 7.52. The predicted octanol–water partition coefficient (Wildman–Crippen LogP) is 2.34. The first kappa shape index (κ1) is 30.8. The Bertz CT molecular complexity index is 1370. The molecule has 1 aromatic carbocycles. The van der Waals surface area contributed by atoms with Gasteiger partial charge in [0.1, 0.15) is 35.8 Å². The summed E-state index contributed by atoms with van der Waals surface area (Å²) in [5.41, 5.74) is 6.04. The molecule has 0 aliphatic rings. The number of nitrogens with two attached hydrogens (primary N) is 1. The molecule has 0 aliphatic heterocycles. The van der Waals surface area contributed by atoms with Gasteiger partial charge in [0, 0.05) is 0 Å². The van der Waals surface area contributed by atoms with E-state index >= 15 is 0 Å². The standard InChI is InChI=1S/C25H33N6O8P/c1-16(24(34)36-13-25(2,3)4)30-40(35,39-17-8-6-5-7-9-17)38-12-20(37-14-26)22(33)21(32)18-10-11-19-23(27)28-15-29-31(18)19/h5-11,15-16,20-22,32-33H,12-13H2,1-4H3,(H,30,35)(H2,27,28,29)/t16-,20+,21-,22+,40-/m0/s1. The highest BCUT2D eigenvalue weighted by Crippen LogP contribution is 2.45. The number of anilines is 1. The summed E-state index contributed by atoms with van der Waals surface area (Å²) in [6.07, 6.45) is -2.28. The normalized spacial score (nSPS) is 16.2. The van der Waals surface area contributed by atoms with Crippen molar-refractivity contribution in [1.29, 1.82) is 5.26 Å². The van der Waals surface area contributed by atoms with E-state index in [1.807, 2.05) is 20.8 Å². The number of carbonyl (C=O) groups is 1. The Kier molecular flexibility index (Phi) is 10.1. The number of aromatic nitrogens is 3. The van der Waals surface area contributed by atoms with Crippen molar-refractivity contribution in [3.8, 4) is 12.0 Å². The number of rotatable bonds is 13. The van der Waals surface area contributed by atoms with Crippen LogP contribution in [0.1, 0.15) is 39.5 Å². The number of para-hydroxylation sites is 1. The van der Waals surface area contributed by atoms with Gasteiger partial charge in [0.25, 0.3) is 6.26 Å². The molecule has 0 saturated heterocycles. The molecular weight excluding hydrogens is 543 g/mol. The average Bonchev–Trinajstić information content (AvgIpc) is 3.34. The third-order valence-electron chi connectivity index (χ3n) is 5.45. The molecule has 3 rings (SSSR count). The highest BCUT2D eigenvalue weighted by Gasteiger charge is 2.37. The van der Waals surface area contributed by atoms with Gasteiger partial charge >= 0.3 is 13.7 Å². The fourth-order valence-corrected chi connectivity index (χ4v) is 4.93. The van der Waals surface area contributed by atoms with Gasteiger partial charge in [0.05, 0.1) is 18.9 Å². The first-order valence-electron chi connectivity index (χ1n) is 12.3. The average molecular weight is 577 g/mol. The fourth-order valence-electron chi connectivity index (χ4n) is 3.43. The lowest BCUT2D eigenvalue weighted by atomic mass is 9.99. The number of nitrogens with one attached hydrogen (secondary N) is 1. The topological polar surface area (TPSA) is 204 Å². The third kappa shape index (κ3) is 8.14. The van der Waals surface area contributed by atoms with E-state index in [0.717, 1.165) is 0 Å². The van der Waals surface area contributed by atoms with E-state index in [1.54, 1.807) is 24.3 Å². The molecule has 0 spiro atoms.